The van der Waals surface area contributed by atoms with Crippen LogP contribution in [0.4, 0.5) is 0 Å². The summed E-state index contributed by atoms with van der Waals surface area (Å²) in [4.78, 5) is 25.2. The number of allylic oxidation sites excluding steroid dienone is 4. The van der Waals surface area contributed by atoms with Crippen LogP contribution in [0.2, 0.25) is 0 Å². The standard InChI is InChI=1S/C25H34O4S/c1-6-7-8-9-10-15-30-22(14-11-17(2)3)18-16-21(28-4)23-19(26)12-13-20(27)24(23)25(18)29-5/h11-13,16,22H,6-10,14-15H2,1-5H3. The monoisotopic (exact) mass is 430 g/mol. The van der Waals surface area contributed by atoms with Crippen molar-refractivity contribution in [3.05, 3.63) is 46.6 Å². The van der Waals surface area contributed by atoms with Crippen LogP contribution in [0.25, 0.3) is 0 Å². The summed E-state index contributed by atoms with van der Waals surface area (Å²) in [5.74, 6) is 1.54. The summed E-state index contributed by atoms with van der Waals surface area (Å²) < 4.78 is 11.2. The molecule has 0 amide bonds. The second-order valence-corrected chi connectivity index (χ2v) is 9.11. The van der Waals surface area contributed by atoms with E-state index in [-0.39, 0.29) is 16.8 Å². The maximum atomic E-state index is 12.7. The van der Waals surface area contributed by atoms with Crippen LogP contribution in [0.3, 0.4) is 0 Å². The molecule has 0 fully saturated rings. The molecule has 1 aliphatic carbocycles. The Morgan fingerprint density at radius 2 is 1.67 bits per heavy atom. The third kappa shape index (κ3) is 6.00. The van der Waals surface area contributed by atoms with Crippen molar-refractivity contribution in [1.29, 1.82) is 0 Å². The van der Waals surface area contributed by atoms with Crippen LogP contribution >= 0.6 is 11.8 Å². The lowest BCUT2D eigenvalue weighted by molar-refractivity contribution is 0.0988. The largest absolute Gasteiger partial charge is 0.496 e. The van der Waals surface area contributed by atoms with Crippen molar-refractivity contribution in [3.8, 4) is 11.5 Å². The SMILES string of the molecule is CCCCCCCSC(CC=C(C)C)c1cc(OC)c2c(c1OC)C(=O)C=CC2=O. The molecular formula is C25H34O4S. The maximum absolute atomic E-state index is 12.7. The number of carbonyl (C=O) groups excluding carboxylic acids is 2. The Morgan fingerprint density at radius 1 is 1.00 bits per heavy atom. The first-order valence-corrected chi connectivity index (χ1v) is 11.8. The predicted molar refractivity (Wildman–Crippen MR) is 125 cm³/mol. The van der Waals surface area contributed by atoms with Crippen LogP contribution in [-0.2, 0) is 0 Å². The van der Waals surface area contributed by atoms with Gasteiger partial charge in [-0.1, -0.05) is 44.3 Å². The molecule has 2 rings (SSSR count). The fourth-order valence-corrected chi connectivity index (χ4v) is 4.88. The molecule has 0 N–H and O–H groups in total. The number of unbranched alkanes of at least 4 members (excludes halogenated alkanes) is 4. The number of ketones is 2. The van der Waals surface area contributed by atoms with Crippen LogP contribution in [0.1, 0.15) is 90.8 Å². The predicted octanol–water partition coefficient (Wildman–Crippen LogP) is 6.74. The fraction of sp³-hybridized carbons (Fsp3) is 0.520. The molecule has 0 saturated carbocycles. The van der Waals surface area contributed by atoms with Gasteiger partial charge in [-0.15, -0.1) is 0 Å². The molecule has 1 atom stereocenters. The highest BCUT2D eigenvalue weighted by Gasteiger charge is 2.31. The Balaban J connectivity index is 2.41. The summed E-state index contributed by atoms with van der Waals surface area (Å²) in [6, 6.07) is 1.88. The molecule has 30 heavy (non-hydrogen) atoms. The van der Waals surface area contributed by atoms with Gasteiger partial charge in [0, 0.05) is 10.8 Å². The molecule has 1 aromatic rings. The van der Waals surface area contributed by atoms with Gasteiger partial charge in [0.05, 0.1) is 25.3 Å². The van der Waals surface area contributed by atoms with E-state index < -0.39 is 0 Å². The summed E-state index contributed by atoms with van der Waals surface area (Å²) in [7, 11) is 3.10. The molecule has 0 spiro atoms. The number of thioether (sulfide) groups is 1. The van der Waals surface area contributed by atoms with Gasteiger partial charge in [-0.25, -0.2) is 0 Å². The zero-order valence-electron chi connectivity index (χ0n) is 18.9. The second kappa shape index (κ2) is 12.0. The van der Waals surface area contributed by atoms with Crippen molar-refractivity contribution < 1.29 is 19.1 Å². The number of rotatable bonds is 12. The molecule has 5 heteroatoms. The summed E-state index contributed by atoms with van der Waals surface area (Å²) in [6.45, 7) is 6.40. The molecule has 164 valence electrons. The van der Waals surface area contributed by atoms with Crippen LogP contribution in [0, 0.1) is 0 Å². The Bertz CT molecular complexity index is 819. The quantitative estimate of drug-likeness (QED) is 0.271. The number of ether oxygens (including phenoxy) is 2. The van der Waals surface area contributed by atoms with Gasteiger partial charge in [0.1, 0.15) is 11.5 Å². The van der Waals surface area contributed by atoms with Crippen molar-refractivity contribution in [3.63, 3.8) is 0 Å². The zero-order chi connectivity index (χ0) is 22.1. The second-order valence-electron chi connectivity index (χ2n) is 7.80. The van der Waals surface area contributed by atoms with Crippen LogP contribution in [0.5, 0.6) is 11.5 Å². The summed E-state index contributed by atoms with van der Waals surface area (Å²) >= 11 is 1.88. The minimum atomic E-state index is -0.226. The molecule has 0 radical (unpaired) electrons. The number of carbonyl (C=O) groups is 2. The maximum Gasteiger partial charge on any atom is 0.190 e. The first-order chi connectivity index (χ1) is 14.4. The van der Waals surface area contributed by atoms with Crippen molar-refractivity contribution >= 4 is 23.3 Å². The number of benzene rings is 1. The van der Waals surface area contributed by atoms with Gasteiger partial charge in [0.2, 0.25) is 0 Å². The van der Waals surface area contributed by atoms with Gasteiger partial charge in [-0.05, 0) is 50.7 Å². The minimum absolute atomic E-state index is 0.119. The third-order valence-electron chi connectivity index (χ3n) is 5.23. The highest BCUT2D eigenvalue weighted by molar-refractivity contribution is 7.99. The van der Waals surface area contributed by atoms with E-state index >= 15 is 0 Å². The first kappa shape index (κ1) is 24.3. The fourth-order valence-electron chi connectivity index (χ4n) is 3.64. The lowest BCUT2D eigenvalue weighted by Crippen LogP contribution is -2.16. The number of methoxy groups -OCH3 is 2. The number of hydrogen-bond acceptors (Lipinski definition) is 5. The summed E-state index contributed by atoms with van der Waals surface area (Å²) in [5, 5.41) is 0.119. The lowest BCUT2D eigenvalue weighted by Gasteiger charge is -2.24. The van der Waals surface area contributed by atoms with E-state index in [0.717, 1.165) is 17.7 Å². The van der Waals surface area contributed by atoms with E-state index in [9.17, 15) is 9.59 Å². The zero-order valence-corrected chi connectivity index (χ0v) is 19.7. The van der Waals surface area contributed by atoms with Crippen LogP contribution < -0.4 is 9.47 Å². The minimum Gasteiger partial charge on any atom is -0.496 e. The van der Waals surface area contributed by atoms with Gasteiger partial charge in [-0.2, -0.15) is 11.8 Å². The van der Waals surface area contributed by atoms with E-state index in [1.54, 1.807) is 7.11 Å². The average Bonchev–Trinajstić information content (AvgIpc) is 2.73. The average molecular weight is 431 g/mol. The molecule has 0 bridgehead atoms. The van der Waals surface area contributed by atoms with E-state index in [2.05, 4.69) is 26.8 Å². The van der Waals surface area contributed by atoms with Crippen molar-refractivity contribution in [2.75, 3.05) is 20.0 Å². The molecule has 0 aliphatic heterocycles. The molecule has 1 aliphatic rings. The van der Waals surface area contributed by atoms with Crippen LogP contribution in [0.15, 0.2) is 29.9 Å². The lowest BCUT2D eigenvalue weighted by atomic mass is 9.89. The van der Waals surface area contributed by atoms with Gasteiger partial charge in [0.25, 0.3) is 0 Å². The van der Waals surface area contributed by atoms with Gasteiger partial charge in [-0.3, -0.25) is 9.59 Å². The van der Waals surface area contributed by atoms with Crippen LogP contribution in [-0.4, -0.2) is 31.5 Å². The Kier molecular flexibility index (Phi) is 9.70. The molecule has 1 unspecified atom stereocenters. The van der Waals surface area contributed by atoms with Gasteiger partial charge >= 0.3 is 0 Å². The molecular weight excluding hydrogens is 396 g/mol. The number of fused-ring (bicyclic) bond motifs is 1. The van der Waals surface area contributed by atoms with E-state index in [1.807, 2.05) is 17.8 Å². The van der Waals surface area contributed by atoms with Crippen molar-refractivity contribution in [1.82, 2.24) is 0 Å². The van der Waals surface area contributed by atoms with Gasteiger partial charge < -0.3 is 9.47 Å². The molecule has 0 aromatic heterocycles. The normalized spacial score (nSPS) is 13.8. The Labute approximate surface area is 185 Å². The smallest absolute Gasteiger partial charge is 0.190 e. The number of hydrogen-bond donors (Lipinski definition) is 0. The topological polar surface area (TPSA) is 52.6 Å². The summed E-state index contributed by atoms with van der Waals surface area (Å²) in [6.07, 6.45) is 11.9. The van der Waals surface area contributed by atoms with Crippen molar-refractivity contribution in [2.45, 2.75) is 64.5 Å². The highest BCUT2D eigenvalue weighted by Crippen LogP contribution is 2.45. The molecule has 1 aromatic carbocycles. The third-order valence-corrected chi connectivity index (χ3v) is 6.60. The molecule has 0 heterocycles. The summed E-state index contributed by atoms with van der Waals surface area (Å²) in [5.41, 5.74) is 2.79. The van der Waals surface area contributed by atoms with Crippen molar-refractivity contribution in [2.24, 2.45) is 0 Å². The van der Waals surface area contributed by atoms with E-state index in [0.29, 0.717) is 22.6 Å². The van der Waals surface area contributed by atoms with Gasteiger partial charge in [0.15, 0.2) is 11.6 Å². The van der Waals surface area contributed by atoms with E-state index in [1.165, 1.54) is 56.9 Å². The molecule has 4 nitrogen and oxygen atoms in total. The Morgan fingerprint density at radius 3 is 2.27 bits per heavy atom. The first-order valence-electron chi connectivity index (χ1n) is 10.7. The Hall–Kier alpha value is -2.01. The molecule has 0 saturated heterocycles. The van der Waals surface area contributed by atoms with E-state index in [4.69, 9.17) is 9.47 Å². The highest BCUT2D eigenvalue weighted by atomic mass is 32.2.